The van der Waals surface area contributed by atoms with Crippen LogP contribution in [0.1, 0.15) is 51.8 Å². The summed E-state index contributed by atoms with van der Waals surface area (Å²) in [6.07, 6.45) is 1.68. The highest BCUT2D eigenvalue weighted by atomic mass is 16.5. The fourth-order valence-corrected chi connectivity index (χ4v) is 2.31. The van der Waals surface area contributed by atoms with Crippen LogP contribution in [-0.4, -0.2) is 0 Å². The Labute approximate surface area is 121 Å². The van der Waals surface area contributed by atoms with E-state index in [1.807, 2.05) is 12.1 Å². The Morgan fingerprint density at radius 3 is 2.25 bits per heavy atom. The van der Waals surface area contributed by atoms with Crippen LogP contribution >= 0.6 is 0 Å². The molecule has 0 bridgehead atoms. The summed E-state index contributed by atoms with van der Waals surface area (Å²) in [6.45, 7) is 10.5. The average Bonchev–Trinajstić information content (AvgIpc) is 2.37. The number of hydrogen-bond acceptors (Lipinski definition) is 1. The Kier molecular flexibility index (Phi) is 3.85. The molecule has 1 aromatic heterocycles. The van der Waals surface area contributed by atoms with Gasteiger partial charge in [-0.2, -0.15) is 4.73 Å². The summed E-state index contributed by atoms with van der Waals surface area (Å²) in [5.74, 6) is 0.489. The predicted octanol–water partition coefficient (Wildman–Crippen LogP) is 4.41. The maximum Gasteiger partial charge on any atom is 0.198 e. The molecule has 2 heteroatoms. The van der Waals surface area contributed by atoms with Crippen molar-refractivity contribution in [3.05, 3.63) is 59.1 Å². The van der Waals surface area contributed by atoms with Gasteiger partial charge in [0.2, 0.25) is 0 Å². The number of aromatic nitrogens is 1. The first kappa shape index (κ1) is 14.6. The Morgan fingerprint density at radius 1 is 1.00 bits per heavy atom. The van der Waals surface area contributed by atoms with Gasteiger partial charge in [0.15, 0.2) is 11.9 Å². The lowest BCUT2D eigenvalue weighted by Crippen LogP contribution is -2.37. The monoisotopic (exact) mass is 269 g/mol. The van der Waals surface area contributed by atoms with Gasteiger partial charge in [0.05, 0.1) is 0 Å². The SMILES string of the molecule is CC(C)c1cccc(-c2ccc(C(C)(C)C)[n+]([O-])c2)c1. The molecule has 0 radical (unpaired) electrons. The molecule has 2 nitrogen and oxygen atoms in total. The molecule has 2 rings (SSSR count). The molecule has 0 fully saturated rings. The normalized spacial score (nSPS) is 11.9. The van der Waals surface area contributed by atoms with E-state index < -0.39 is 0 Å². The van der Waals surface area contributed by atoms with E-state index in [2.05, 4.69) is 58.9 Å². The Balaban J connectivity index is 2.44. The van der Waals surface area contributed by atoms with E-state index in [1.54, 1.807) is 6.20 Å². The van der Waals surface area contributed by atoms with Crippen LogP contribution in [0.2, 0.25) is 0 Å². The van der Waals surface area contributed by atoms with Crippen molar-refractivity contribution >= 4 is 0 Å². The minimum atomic E-state index is -0.139. The summed E-state index contributed by atoms with van der Waals surface area (Å²) in [4.78, 5) is 0. The van der Waals surface area contributed by atoms with Crippen LogP contribution in [0.15, 0.2) is 42.6 Å². The summed E-state index contributed by atoms with van der Waals surface area (Å²) in [5.41, 5.74) is 4.01. The largest absolute Gasteiger partial charge is 0.618 e. The Morgan fingerprint density at radius 2 is 1.70 bits per heavy atom. The second-order valence-corrected chi connectivity index (χ2v) is 6.66. The fraction of sp³-hybridized carbons (Fsp3) is 0.389. The van der Waals surface area contributed by atoms with Gasteiger partial charge >= 0.3 is 0 Å². The minimum Gasteiger partial charge on any atom is -0.618 e. The van der Waals surface area contributed by atoms with E-state index in [0.29, 0.717) is 5.92 Å². The van der Waals surface area contributed by atoms with Crippen molar-refractivity contribution in [3.63, 3.8) is 0 Å². The molecule has 0 aliphatic carbocycles. The molecule has 1 heterocycles. The smallest absolute Gasteiger partial charge is 0.198 e. The van der Waals surface area contributed by atoms with E-state index in [4.69, 9.17) is 0 Å². The first-order valence-electron chi connectivity index (χ1n) is 7.13. The Bertz CT molecular complexity index is 609. The molecule has 0 saturated carbocycles. The molecule has 0 aliphatic heterocycles. The molecule has 2 aromatic rings. The van der Waals surface area contributed by atoms with Crippen molar-refractivity contribution in [2.75, 3.05) is 0 Å². The van der Waals surface area contributed by atoms with Crippen LogP contribution in [0.4, 0.5) is 0 Å². The third-order valence-electron chi connectivity index (χ3n) is 3.57. The molecule has 0 saturated heterocycles. The van der Waals surface area contributed by atoms with Crippen molar-refractivity contribution in [3.8, 4) is 11.1 Å². The number of rotatable bonds is 2. The van der Waals surface area contributed by atoms with Crippen LogP contribution in [0.25, 0.3) is 11.1 Å². The highest BCUT2D eigenvalue weighted by molar-refractivity contribution is 5.62. The number of benzene rings is 1. The molecule has 0 amide bonds. The Hall–Kier alpha value is -1.83. The maximum absolute atomic E-state index is 12.2. The quantitative estimate of drug-likeness (QED) is 0.586. The van der Waals surface area contributed by atoms with Crippen LogP contribution < -0.4 is 4.73 Å². The van der Waals surface area contributed by atoms with Crippen molar-refractivity contribution in [2.45, 2.75) is 46.0 Å². The number of hydrogen-bond donors (Lipinski definition) is 0. The van der Waals surface area contributed by atoms with Crippen molar-refractivity contribution in [1.29, 1.82) is 0 Å². The van der Waals surface area contributed by atoms with Gasteiger partial charge in [-0.15, -0.1) is 0 Å². The van der Waals surface area contributed by atoms with Crippen LogP contribution in [-0.2, 0) is 5.41 Å². The van der Waals surface area contributed by atoms with Gasteiger partial charge in [-0.3, -0.25) is 0 Å². The van der Waals surface area contributed by atoms with E-state index in [1.165, 1.54) is 5.56 Å². The molecule has 106 valence electrons. The third-order valence-corrected chi connectivity index (χ3v) is 3.57. The predicted molar refractivity (Wildman–Crippen MR) is 83.6 cm³/mol. The summed E-state index contributed by atoms with van der Waals surface area (Å²) < 4.78 is 0.997. The zero-order valence-electron chi connectivity index (χ0n) is 13.0. The molecule has 20 heavy (non-hydrogen) atoms. The third kappa shape index (κ3) is 3.01. The first-order chi connectivity index (χ1) is 9.29. The van der Waals surface area contributed by atoms with Crippen LogP contribution in [0, 0.1) is 5.21 Å². The molecule has 0 spiro atoms. The van der Waals surface area contributed by atoms with Gasteiger partial charge < -0.3 is 5.21 Å². The molecule has 0 N–H and O–H groups in total. The lowest BCUT2D eigenvalue weighted by Gasteiger charge is -2.18. The summed E-state index contributed by atoms with van der Waals surface area (Å²) in [5, 5.41) is 12.2. The topological polar surface area (TPSA) is 26.9 Å². The standard InChI is InChI=1S/C18H23NO/c1-13(2)14-7-6-8-15(11-14)16-9-10-17(18(3,4)5)19(20)12-16/h6-13H,1-5H3. The highest BCUT2D eigenvalue weighted by Crippen LogP contribution is 2.25. The van der Waals surface area contributed by atoms with Crippen molar-refractivity contribution < 1.29 is 4.73 Å². The number of nitrogens with zero attached hydrogens (tertiary/aromatic N) is 1. The van der Waals surface area contributed by atoms with Crippen LogP contribution in [0.5, 0.6) is 0 Å². The van der Waals surface area contributed by atoms with Gasteiger partial charge in [0.1, 0.15) is 0 Å². The highest BCUT2D eigenvalue weighted by Gasteiger charge is 2.23. The van der Waals surface area contributed by atoms with E-state index in [-0.39, 0.29) is 5.41 Å². The second kappa shape index (κ2) is 5.28. The number of pyridine rings is 1. The summed E-state index contributed by atoms with van der Waals surface area (Å²) in [6, 6.07) is 12.4. The van der Waals surface area contributed by atoms with Crippen molar-refractivity contribution in [2.24, 2.45) is 0 Å². The van der Waals surface area contributed by atoms with E-state index >= 15 is 0 Å². The molecule has 0 aliphatic rings. The molecule has 0 atom stereocenters. The zero-order chi connectivity index (χ0) is 14.9. The maximum atomic E-state index is 12.2. The fourth-order valence-electron chi connectivity index (χ4n) is 2.31. The van der Waals surface area contributed by atoms with E-state index in [9.17, 15) is 5.21 Å². The van der Waals surface area contributed by atoms with Crippen molar-refractivity contribution in [1.82, 2.24) is 0 Å². The molecule has 1 aromatic carbocycles. The van der Waals surface area contributed by atoms with Crippen LogP contribution in [0.3, 0.4) is 0 Å². The lowest BCUT2D eigenvalue weighted by molar-refractivity contribution is -0.617. The second-order valence-electron chi connectivity index (χ2n) is 6.66. The van der Waals surface area contributed by atoms with Gasteiger partial charge in [-0.1, -0.05) is 58.9 Å². The van der Waals surface area contributed by atoms with Gasteiger partial charge in [0.25, 0.3) is 0 Å². The summed E-state index contributed by atoms with van der Waals surface area (Å²) >= 11 is 0. The summed E-state index contributed by atoms with van der Waals surface area (Å²) in [7, 11) is 0. The van der Waals surface area contributed by atoms with Gasteiger partial charge in [-0.05, 0) is 23.1 Å². The molecular formula is C18H23NO. The molecular weight excluding hydrogens is 246 g/mol. The van der Waals surface area contributed by atoms with Gasteiger partial charge in [-0.25, -0.2) is 0 Å². The van der Waals surface area contributed by atoms with Gasteiger partial charge in [0, 0.05) is 17.0 Å². The minimum absolute atomic E-state index is 0.139. The average molecular weight is 269 g/mol. The first-order valence-corrected chi connectivity index (χ1v) is 7.13. The van der Waals surface area contributed by atoms with E-state index in [0.717, 1.165) is 21.6 Å². The zero-order valence-corrected chi connectivity index (χ0v) is 13.0. The lowest BCUT2D eigenvalue weighted by atomic mass is 9.90. The molecule has 0 unspecified atom stereocenters.